The number of fused-ring (bicyclic) bond motifs is 1. The highest BCUT2D eigenvalue weighted by Crippen LogP contribution is 2.56. The van der Waals surface area contributed by atoms with E-state index in [2.05, 4.69) is 18.7 Å². The summed E-state index contributed by atoms with van der Waals surface area (Å²) >= 11 is 5.93. The first kappa shape index (κ1) is 18.3. The van der Waals surface area contributed by atoms with Crippen molar-refractivity contribution in [3.8, 4) is 0 Å². The van der Waals surface area contributed by atoms with Gasteiger partial charge in [0.2, 0.25) is 0 Å². The molecule has 2 aliphatic rings. The van der Waals surface area contributed by atoms with Gasteiger partial charge < -0.3 is 4.90 Å². The Balaban J connectivity index is 0.000000510. The van der Waals surface area contributed by atoms with Crippen LogP contribution >= 0.6 is 11.6 Å². The Morgan fingerprint density at radius 1 is 1.10 bits per heavy atom. The molecule has 1 saturated heterocycles. The average molecular weight is 314 g/mol. The normalized spacial score (nSPS) is 25.6. The summed E-state index contributed by atoms with van der Waals surface area (Å²) in [7, 11) is 0. The van der Waals surface area contributed by atoms with Gasteiger partial charge in [0.05, 0.1) is 5.69 Å². The Hall–Kier alpha value is -0.760. The molecule has 1 nitrogen and oxygen atoms in total. The molecule has 3 heteroatoms. The first-order valence-electron chi connectivity index (χ1n) is 8.28. The summed E-state index contributed by atoms with van der Waals surface area (Å²) in [6.45, 7) is 14.6. The van der Waals surface area contributed by atoms with Gasteiger partial charge in [-0.05, 0) is 41.9 Å². The van der Waals surface area contributed by atoms with Crippen molar-refractivity contribution in [3.05, 3.63) is 29.0 Å². The molecule has 1 aliphatic carbocycles. The fourth-order valence-corrected chi connectivity index (χ4v) is 3.65. The summed E-state index contributed by atoms with van der Waals surface area (Å²) in [6.07, 6.45) is 0. The minimum Gasteiger partial charge on any atom is -0.369 e. The topological polar surface area (TPSA) is 3.24 Å². The highest BCUT2D eigenvalue weighted by atomic mass is 35.5. The van der Waals surface area contributed by atoms with Crippen LogP contribution in [-0.4, -0.2) is 13.1 Å². The predicted octanol–water partition coefficient (Wildman–Crippen LogP) is 5.87. The maximum absolute atomic E-state index is 13.7. The van der Waals surface area contributed by atoms with E-state index in [-0.39, 0.29) is 5.82 Å². The second kappa shape index (κ2) is 8.03. The molecule has 120 valence electrons. The fraction of sp³-hybridized carbons (Fsp3) is 0.667. The van der Waals surface area contributed by atoms with Crippen molar-refractivity contribution in [1.82, 2.24) is 0 Å². The van der Waals surface area contributed by atoms with Crippen LogP contribution in [0.1, 0.15) is 41.5 Å². The molecule has 0 aromatic heterocycles. The summed E-state index contributed by atoms with van der Waals surface area (Å²) in [4.78, 5) is 2.15. The molecular formula is C18H29ClFN. The van der Waals surface area contributed by atoms with Crippen LogP contribution in [0.2, 0.25) is 5.02 Å². The number of halogens is 2. The van der Waals surface area contributed by atoms with Gasteiger partial charge in [0, 0.05) is 18.1 Å². The SMILES string of the molecule is CC.CC.CC(C)C1C2CN(c3cc(Cl)ccc3F)CC21. The largest absolute Gasteiger partial charge is 0.369 e. The zero-order valence-electron chi connectivity index (χ0n) is 14.2. The molecule has 0 bridgehead atoms. The van der Waals surface area contributed by atoms with Crippen LogP contribution in [0.4, 0.5) is 10.1 Å². The smallest absolute Gasteiger partial charge is 0.146 e. The number of benzene rings is 1. The van der Waals surface area contributed by atoms with Crippen molar-refractivity contribution in [2.45, 2.75) is 41.5 Å². The monoisotopic (exact) mass is 313 g/mol. The minimum absolute atomic E-state index is 0.156. The lowest BCUT2D eigenvalue weighted by Crippen LogP contribution is -2.25. The molecule has 2 unspecified atom stereocenters. The van der Waals surface area contributed by atoms with Crippen LogP contribution in [0, 0.1) is 29.5 Å². The van der Waals surface area contributed by atoms with Crippen molar-refractivity contribution < 1.29 is 4.39 Å². The van der Waals surface area contributed by atoms with Crippen molar-refractivity contribution in [2.75, 3.05) is 18.0 Å². The zero-order valence-corrected chi connectivity index (χ0v) is 14.9. The maximum atomic E-state index is 13.7. The Morgan fingerprint density at radius 3 is 2.10 bits per heavy atom. The van der Waals surface area contributed by atoms with E-state index < -0.39 is 0 Å². The highest BCUT2D eigenvalue weighted by molar-refractivity contribution is 6.30. The quantitative estimate of drug-likeness (QED) is 0.660. The van der Waals surface area contributed by atoms with Gasteiger partial charge in [-0.3, -0.25) is 0 Å². The number of anilines is 1. The zero-order chi connectivity index (χ0) is 16.2. The van der Waals surface area contributed by atoms with Gasteiger partial charge in [-0.2, -0.15) is 0 Å². The summed E-state index contributed by atoms with van der Waals surface area (Å²) in [5, 5.41) is 0.613. The van der Waals surface area contributed by atoms with Gasteiger partial charge in [0.1, 0.15) is 5.82 Å². The van der Waals surface area contributed by atoms with Gasteiger partial charge in [-0.25, -0.2) is 4.39 Å². The number of nitrogens with zero attached hydrogens (tertiary/aromatic N) is 1. The molecule has 1 aliphatic heterocycles. The second-order valence-corrected chi connectivity index (χ2v) is 6.09. The summed E-state index contributed by atoms with van der Waals surface area (Å²) in [6, 6.07) is 4.81. The van der Waals surface area contributed by atoms with E-state index in [4.69, 9.17) is 11.6 Å². The lowest BCUT2D eigenvalue weighted by molar-refractivity contribution is 0.477. The van der Waals surface area contributed by atoms with Crippen LogP contribution in [0.25, 0.3) is 0 Å². The van der Waals surface area contributed by atoms with Gasteiger partial charge >= 0.3 is 0 Å². The molecule has 0 amide bonds. The third kappa shape index (κ3) is 3.91. The molecule has 3 rings (SSSR count). The molecule has 0 spiro atoms. The van der Waals surface area contributed by atoms with Crippen LogP contribution in [0.15, 0.2) is 18.2 Å². The number of piperidine rings is 1. The third-order valence-electron chi connectivity index (χ3n) is 4.28. The van der Waals surface area contributed by atoms with E-state index in [9.17, 15) is 4.39 Å². The second-order valence-electron chi connectivity index (χ2n) is 5.65. The van der Waals surface area contributed by atoms with Gasteiger partial charge in [0.15, 0.2) is 0 Å². The van der Waals surface area contributed by atoms with E-state index in [1.807, 2.05) is 27.7 Å². The van der Waals surface area contributed by atoms with E-state index in [1.165, 1.54) is 6.07 Å². The van der Waals surface area contributed by atoms with Crippen LogP contribution in [0.3, 0.4) is 0 Å². The van der Waals surface area contributed by atoms with Crippen molar-refractivity contribution in [3.63, 3.8) is 0 Å². The summed E-state index contributed by atoms with van der Waals surface area (Å²) in [5.74, 6) is 3.00. The molecule has 1 saturated carbocycles. The Morgan fingerprint density at radius 2 is 1.62 bits per heavy atom. The van der Waals surface area contributed by atoms with Crippen molar-refractivity contribution in [1.29, 1.82) is 0 Å². The first-order chi connectivity index (χ1) is 10.1. The summed E-state index contributed by atoms with van der Waals surface area (Å²) in [5.41, 5.74) is 0.673. The van der Waals surface area contributed by atoms with E-state index in [0.29, 0.717) is 10.7 Å². The average Bonchev–Trinajstić information content (AvgIpc) is 3.02. The maximum Gasteiger partial charge on any atom is 0.146 e. The minimum atomic E-state index is -0.156. The van der Waals surface area contributed by atoms with Gasteiger partial charge in [-0.15, -0.1) is 0 Å². The Bertz CT molecular complexity index is 435. The van der Waals surface area contributed by atoms with Gasteiger partial charge in [-0.1, -0.05) is 53.1 Å². The van der Waals surface area contributed by atoms with Crippen LogP contribution in [-0.2, 0) is 0 Å². The number of hydrogen-bond donors (Lipinski definition) is 0. The summed E-state index contributed by atoms with van der Waals surface area (Å²) < 4.78 is 13.7. The molecule has 2 fully saturated rings. The van der Waals surface area contributed by atoms with Gasteiger partial charge in [0.25, 0.3) is 0 Å². The number of hydrogen-bond acceptors (Lipinski definition) is 1. The lowest BCUT2D eigenvalue weighted by atomic mass is 10.0. The standard InChI is InChI=1S/C14H17ClFN.2C2H6/c1-8(2)14-10-6-17(7-11(10)14)13-5-9(15)3-4-12(13)16;2*1-2/h3-5,8,10-11,14H,6-7H2,1-2H3;2*1-2H3. The van der Waals surface area contributed by atoms with E-state index in [1.54, 1.807) is 12.1 Å². The third-order valence-corrected chi connectivity index (χ3v) is 4.51. The molecule has 1 aromatic carbocycles. The van der Waals surface area contributed by atoms with Crippen LogP contribution in [0.5, 0.6) is 0 Å². The molecule has 1 heterocycles. The van der Waals surface area contributed by atoms with Crippen molar-refractivity contribution >= 4 is 17.3 Å². The van der Waals surface area contributed by atoms with Crippen molar-refractivity contribution in [2.24, 2.45) is 23.7 Å². The molecule has 21 heavy (non-hydrogen) atoms. The van der Waals surface area contributed by atoms with E-state index >= 15 is 0 Å². The molecule has 1 aromatic rings. The fourth-order valence-electron chi connectivity index (χ4n) is 3.49. The Labute approximate surface area is 134 Å². The van der Waals surface area contributed by atoms with E-state index in [0.717, 1.165) is 36.8 Å². The predicted molar refractivity (Wildman–Crippen MR) is 91.6 cm³/mol. The molecule has 2 atom stereocenters. The Kier molecular flexibility index (Phi) is 6.99. The number of rotatable bonds is 2. The lowest BCUT2D eigenvalue weighted by Gasteiger charge is -2.23. The highest BCUT2D eigenvalue weighted by Gasteiger charge is 2.56. The van der Waals surface area contributed by atoms with Crippen LogP contribution < -0.4 is 4.90 Å². The first-order valence-corrected chi connectivity index (χ1v) is 8.65. The molecule has 0 radical (unpaired) electrons. The molecule has 0 N–H and O–H groups in total. The molecular weight excluding hydrogens is 285 g/mol.